The Morgan fingerprint density at radius 1 is 0.931 bits per heavy atom. The van der Waals surface area contributed by atoms with Crippen molar-refractivity contribution in [1.29, 1.82) is 0 Å². The summed E-state index contributed by atoms with van der Waals surface area (Å²) >= 11 is 0. The number of hydrogen-bond acceptors (Lipinski definition) is 3. The van der Waals surface area contributed by atoms with E-state index in [4.69, 9.17) is 4.74 Å². The summed E-state index contributed by atoms with van der Waals surface area (Å²) < 4.78 is 20.3. The summed E-state index contributed by atoms with van der Waals surface area (Å²) in [6.45, 7) is 5.42. The SMILES string of the molecule is Cc1ccc(C)n1NC(=O)c1ccc(OC(C)C(=O)Nc2ccc(F)cc2)cc1. The number of aromatic nitrogens is 1. The molecule has 0 spiro atoms. The molecule has 1 unspecified atom stereocenters. The molecule has 3 aromatic rings. The number of halogens is 1. The Bertz CT molecular complexity index is 991. The van der Waals surface area contributed by atoms with Crippen LogP contribution >= 0.6 is 0 Å². The van der Waals surface area contributed by atoms with Crippen molar-refractivity contribution in [3.05, 3.63) is 83.4 Å². The van der Waals surface area contributed by atoms with Crippen LogP contribution in [0.3, 0.4) is 0 Å². The molecule has 3 rings (SSSR count). The summed E-state index contributed by atoms with van der Waals surface area (Å²) in [5, 5.41) is 2.66. The fourth-order valence-electron chi connectivity index (χ4n) is 2.73. The topological polar surface area (TPSA) is 72.4 Å². The Hall–Kier alpha value is -3.61. The average Bonchev–Trinajstić information content (AvgIpc) is 3.02. The lowest BCUT2D eigenvalue weighted by Crippen LogP contribution is -2.30. The van der Waals surface area contributed by atoms with Gasteiger partial charge in [0.2, 0.25) is 0 Å². The molecule has 0 saturated carbocycles. The van der Waals surface area contributed by atoms with E-state index in [2.05, 4.69) is 10.7 Å². The Labute approximate surface area is 168 Å². The average molecular weight is 395 g/mol. The highest BCUT2D eigenvalue weighted by atomic mass is 19.1. The minimum absolute atomic E-state index is 0.249. The zero-order chi connectivity index (χ0) is 21.0. The molecule has 1 atom stereocenters. The van der Waals surface area contributed by atoms with Crippen LogP contribution in [0.15, 0.2) is 60.7 Å². The molecule has 0 fully saturated rings. The zero-order valence-electron chi connectivity index (χ0n) is 16.4. The summed E-state index contributed by atoms with van der Waals surface area (Å²) in [7, 11) is 0. The Morgan fingerprint density at radius 2 is 1.52 bits per heavy atom. The third kappa shape index (κ3) is 5.01. The lowest BCUT2D eigenvalue weighted by atomic mass is 10.2. The van der Waals surface area contributed by atoms with E-state index in [1.165, 1.54) is 24.3 Å². The van der Waals surface area contributed by atoms with Crippen molar-refractivity contribution in [1.82, 2.24) is 4.68 Å². The van der Waals surface area contributed by atoms with Crippen LogP contribution in [0.25, 0.3) is 0 Å². The molecule has 2 amide bonds. The lowest BCUT2D eigenvalue weighted by molar-refractivity contribution is -0.122. The molecule has 0 radical (unpaired) electrons. The number of nitrogens with one attached hydrogen (secondary N) is 2. The van der Waals surface area contributed by atoms with Crippen molar-refractivity contribution >= 4 is 17.5 Å². The number of carbonyl (C=O) groups excluding carboxylic acids is 2. The largest absolute Gasteiger partial charge is 0.481 e. The van der Waals surface area contributed by atoms with E-state index in [-0.39, 0.29) is 17.6 Å². The van der Waals surface area contributed by atoms with Crippen molar-refractivity contribution in [3.63, 3.8) is 0 Å². The molecular weight excluding hydrogens is 373 g/mol. The maximum atomic E-state index is 12.9. The van der Waals surface area contributed by atoms with Crippen molar-refractivity contribution in [2.45, 2.75) is 26.9 Å². The second-order valence-corrected chi connectivity index (χ2v) is 6.67. The Kier molecular flexibility index (Phi) is 5.97. The molecule has 0 aliphatic carbocycles. The number of aryl methyl sites for hydroxylation is 2. The Morgan fingerprint density at radius 3 is 2.10 bits per heavy atom. The van der Waals surface area contributed by atoms with Gasteiger partial charge in [-0.25, -0.2) is 4.39 Å². The third-order valence-electron chi connectivity index (χ3n) is 4.39. The fourth-order valence-corrected chi connectivity index (χ4v) is 2.73. The van der Waals surface area contributed by atoms with Crippen LogP contribution in [-0.2, 0) is 4.79 Å². The van der Waals surface area contributed by atoms with Crippen LogP contribution in [-0.4, -0.2) is 22.6 Å². The molecule has 2 aromatic carbocycles. The van der Waals surface area contributed by atoms with E-state index < -0.39 is 6.10 Å². The van der Waals surface area contributed by atoms with Gasteiger partial charge in [-0.2, -0.15) is 0 Å². The summed E-state index contributed by atoms with van der Waals surface area (Å²) in [6, 6.07) is 15.8. The number of ether oxygens (including phenoxy) is 1. The summed E-state index contributed by atoms with van der Waals surface area (Å²) in [5.74, 6) is -0.534. The number of carbonyl (C=O) groups is 2. The smallest absolute Gasteiger partial charge is 0.270 e. The van der Waals surface area contributed by atoms with Gasteiger partial charge in [0.25, 0.3) is 11.8 Å². The predicted octanol–water partition coefficient (Wildman–Crippen LogP) is 4.03. The Balaban J connectivity index is 1.58. The van der Waals surface area contributed by atoms with Gasteiger partial charge in [-0.05, 0) is 81.4 Å². The molecule has 2 N–H and O–H groups in total. The minimum Gasteiger partial charge on any atom is -0.481 e. The van der Waals surface area contributed by atoms with Gasteiger partial charge in [-0.1, -0.05) is 0 Å². The molecule has 1 aromatic heterocycles. The molecule has 150 valence electrons. The van der Waals surface area contributed by atoms with Crippen molar-refractivity contribution in [2.75, 3.05) is 10.7 Å². The lowest BCUT2D eigenvalue weighted by Gasteiger charge is -2.15. The number of anilines is 1. The third-order valence-corrected chi connectivity index (χ3v) is 4.39. The van der Waals surface area contributed by atoms with Gasteiger partial charge in [0.1, 0.15) is 11.6 Å². The van der Waals surface area contributed by atoms with E-state index in [0.717, 1.165) is 11.4 Å². The monoisotopic (exact) mass is 395 g/mol. The van der Waals surface area contributed by atoms with Gasteiger partial charge in [0.05, 0.1) is 0 Å². The van der Waals surface area contributed by atoms with Crippen molar-refractivity contribution in [2.24, 2.45) is 0 Å². The fraction of sp³-hybridized carbons (Fsp3) is 0.182. The van der Waals surface area contributed by atoms with Gasteiger partial charge >= 0.3 is 0 Å². The molecule has 0 saturated heterocycles. The zero-order valence-corrected chi connectivity index (χ0v) is 16.4. The first kappa shape index (κ1) is 20.1. The molecule has 7 heteroatoms. The maximum Gasteiger partial charge on any atom is 0.270 e. The molecule has 6 nitrogen and oxygen atoms in total. The quantitative estimate of drug-likeness (QED) is 0.662. The predicted molar refractivity (Wildman–Crippen MR) is 109 cm³/mol. The second kappa shape index (κ2) is 8.60. The van der Waals surface area contributed by atoms with Crippen molar-refractivity contribution in [3.8, 4) is 5.75 Å². The van der Waals surface area contributed by atoms with E-state index in [0.29, 0.717) is 17.0 Å². The number of benzene rings is 2. The molecule has 0 aliphatic heterocycles. The number of rotatable bonds is 6. The van der Waals surface area contributed by atoms with E-state index in [9.17, 15) is 14.0 Å². The van der Waals surface area contributed by atoms with Crippen LogP contribution < -0.4 is 15.5 Å². The van der Waals surface area contributed by atoms with Crippen LogP contribution in [0, 0.1) is 19.7 Å². The summed E-state index contributed by atoms with van der Waals surface area (Å²) in [5.41, 5.74) is 5.63. The number of nitrogens with zero attached hydrogens (tertiary/aromatic N) is 1. The van der Waals surface area contributed by atoms with Crippen molar-refractivity contribution < 1.29 is 18.7 Å². The first-order valence-corrected chi connectivity index (χ1v) is 9.13. The van der Waals surface area contributed by atoms with Gasteiger partial charge in [0, 0.05) is 22.6 Å². The molecule has 1 heterocycles. The molecule has 29 heavy (non-hydrogen) atoms. The van der Waals surface area contributed by atoms with Crippen LogP contribution in [0.4, 0.5) is 10.1 Å². The van der Waals surface area contributed by atoms with Gasteiger partial charge in [-0.3, -0.25) is 19.7 Å². The van der Waals surface area contributed by atoms with Crippen LogP contribution in [0.1, 0.15) is 28.7 Å². The van der Waals surface area contributed by atoms with Crippen LogP contribution in [0.2, 0.25) is 0 Å². The van der Waals surface area contributed by atoms with Gasteiger partial charge in [-0.15, -0.1) is 0 Å². The van der Waals surface area contributed by atoms with E-state index in [1.807, 2.05) is 26.0 Å². The van der Waals surface area contributed by atoms with E-state index in [1.54, 1.807) is 35.9 Å². The second-order valence-electron chi connectivity index (χ2n) is 6.67. The highest BCUT2D eigenvalue weighted by Gasteiger charge is 2.15. The highest BCUT2D eigenvalue weighted by molar-refractivity contribution is 6.00. The standard InChI is InChI=1S/C22H22FN3O3/c1-14-4-5-15(2)26(14)25-22(28)17-6-12-20(13-7-17)29-16(3)21(27)24-19-10-8-18(23)9-11-19/h4-13,16H,1-3H3,(H,24,27)(H,25,28). The van der Waals surface area contributed by atoms with E-state index >= 15 is 0 Å². The normalized spacial score (nSPS) is 11.6. The highest BCUT2D eigenvalue weighted by Crippen LogP contribution is 2.16. The van der Waals surface area contributed by atoms with Gasteiger partial charge < -0.3 is 10.1 Å². The van der Waals surface area contributed by atoms with Gasteiger partial charge in [0.15, 0.2) is 6.10 Å². The molecule has 0 bridgehead atoms. The maximum absolute atomic E-state index is 12.9. The first-order chi connectivity index (χ1) is 13.8. The van der Waals surface area contributed by atoms with Crippen LogP contribution in [0.5, 0.6) is 5.75 Å². The first-order valence-electron chi connectivity index (χ1n) is 9.13. The summed E-state index contributed by atoms with van der Waals surface area (Å²) in [6.07, 6.45) is -0.773. The molecular formula is C22H22FN3O3. The number of amides is 2. The molecule has 0 aliphatic rings. The minimum atomic E-state index is -0.773. The number of hydrogen-bond donors (Lipinski definition) is 2. The summed E-state index contributed by atoms with van der Waals surface area (Å²) in [4.78, 5) is 24.6.